The maximum absolute atomic E-state index is 5.74. The number of benzene rings is 1. The van der Waals surface area contributed by atoms with Gasteiger partial charge in [0.2, 0.25) is 0 Å². The highest BCUT2D eigenvalue weighted by molar-refractivity contribution is 14.0. The Bertz CT molecular complexity index is 549. The van der Waals surface area contributed by atoms with Gasteiger partial charge in [-0.25, -0.2) is 0 Å². The zero-order chi connectivity index (χ0) is 17.4. The second kappa shape index (κ2) is 11.4. The lowest BCUT2D eigenvalue weighted by atomic mass is 10.0. The van der Waals surface area contributed by atoms with E-state index in [9.17, 15) is 0 Å². The Morgan fingerprint density at radius 1 is 1.12 bits per heavy atom. The largest absolute Gasteiger partial charge is 0.490 e. The van der Waals surface area contributed by atoms with Crippen molar-refractivity contribution < 1.29 is 9.47 Å². The Hall–Kier alpha value is -1.18. The summed E-state index contributed by atoms with van der Waals surface area (Å²) in [4.78, 5) is 4.31. The van der Waals surface area contributed by atoms with E-state index >= 15 is 0 Å². The molecule has 1 unspecified atom stereocenters. The molecule has 0 spiro atoms. The molecule has 25 heavy (non-hydrogen) atoms. The first-order valence-electron chi connectivity index (χ1n) is 8.94. The van der Waals surface area contributed by atoms with Crippen molar-refractivity contribution in [3.05, 3.63) is 23.8 Å². The molecular weight excluding hydrogens is 429 g/mol. The van der Waals surface area contributed by atoms with E-state index < -0.39 is 0 Å². The van der Waals surface area contributed by atoms with Crippen molar-refractivity contribution >= 4 is 29.9 Å². The molecule has 5 nitrogen and oxygen atoms in total. The molecule has 0 aliphatic carbocycles. The van der Waals surface area contributed by atoms with Gasteiger partial charge in [0.1, 0.15) is 0 Å². The topological polar surface area (TPSA) is 54.9 Å². The minimum atomic E-state index is 0. The molecule has 6 heteroatoms. The number of rotatable bonds is 6. The molecule has 2 N–H and O–H groups in total. The first kappa shape index (κ1) is 21.9. The van der Waals surface area contributed by atoms with E-state index in [1.54, 1.807) is 7.05 Å². The zero-order valence-corrected chi connectivity index (χ0v) is 18.1. The van der Waals surface area contributed by atoms with Crippen molar-refractivity contribution in [1.29, 1.82) is 0 Å². The number of nitrogens with zero attached hydrogens (tertiary/aromatic N) is 1. The quantitative estimate of drug-likeness (QED) is 0.383. The summed E-state index contributed by atoms with van der Waals surface area (Å²) >= 11 is 0. The van der Waals surface area contributed by atoms with E-state index in [-0.39, 0.29) is 24.0 Å². The van der Waals surface area contributed by atoms with Gasteiger partial charge in [0.15, 0.2) is 17.5 Å². The summed E-state index contributed by atoms with van der Waals surface area (Å²) in [6.07, 6.45) is 3.28. The van der Waals surface area contributed by atoms with Gasteiger partial charge in [-0.15, -0.1) is 24.0 Å². The normalized spacial score (nSPS) is 15.2. The molecule has 1 aliphatic heterocycles. The Morgan fingerprint density at radius 3 is 2.52 bits per heavy atom. The van der Waals surface area contributed by atoms with Crippen LogP contribution in [0, 0.1) is 5.92 Å². The molecule has 1 heterocycles. The van der Waals surface area contributed by atoms with Gasteiger partial charge in [-0.1, -0.05) is 19.9 Å². The second-order valence-electron chi connectivity index (χ2n) is 6.77. The number of fused-ring (bicyclic) bond motifs is 1. The zero-order valence-electron chi connectivity index (χ0n) is 15.8. The number of hydrogen-bond donors (Lipinski definition) is 2. The average molecular weight is 461 g/mol. The summed E-state index contributed by atoms with van der Waals surface area (Å²) in [5, 5.41) is 6.82. The van der Waals surface area contributed by atoms with Gasteiger partial charge in [0.05, 0.1) is 13.2 Å². The van der Waals surface area contributed by atoms with Crippen molar-refractivity contribution in [2.75, 3.05) is 20.3 Å². The fourth-order valence-electron chi connectivity index (χ4n) is 2.59. The van der Waals surface area contributed by atoms with E-state index in [4.69, 9.17) is 9.47 Å². The summed E-state index contributed by atoms with van der Waals surface area (Å²) in [6.45, 7) is 8.83. The fourth-order valence-corrected chi connectivity index (χ4v) is 2.59. The van der Waals surface area contributed by atoms with Crippen LogP contribution in [0.4, 0.5) is 0 Å². The number of nitrogens with one attached hydrogen (secondary N) is 2. The molecular formula is C19H32IN3O2. The molecule has 0 radical (unpaired) electrons. The summed E-state index contributed by atoms with van der Waals surface area (Å²) in [7, 11) is 1.80. The molecule has 0 fully saturated rings. The molecule has 0 bridgehead atoms. The standard InChI is InChI=1S/C19H31N3O2.HI/c1-14(2)6-7-15(3)22-19(20-4)21-13-16-8-9-17-18(12-16)24-11-5-10-23-17;/h8-9,12,14-15H,5-7,10-11,13H2,1-4H3,(H2,20,21,22);1H. The maximum atomic E-state index is 5.74. The SMILES string of the molecule is CN=C(NCc1ccc2c(c1)OCCCO2)NC(C)CCC(C)C.I. The molecule has 1 aromatic carbocycles. The van der Waals surface area contributed by atoms with Gasteiger partial charge in [-0.3, -0.25) is 4.99 Å². The number of halogens is 1. The monoisotopic (exact) mass is 461 g/mol. The summed E-state index contributed by atoms with van der Waals surface area (Å²) in [5.74, 6) is 3.23. The van der Waals surface area contributed by atoms with Crippen LogP contribution in [-0.4, -0.2) is 32.3 Å². The Kier molecular flexibility index (Phi) is 10.0. The van der Waals surface area contributed by atoms with Crippen LogP contribution >= 0.6 is 24.0 Å². The van der Waals surface area contributed by atoms with Crippen LogP contribution in [0.1, 0.15) is 45.6 Å². The Labute approximate surface area is 169 Å². The fraction of sp³-hybridized carbons (Fsp3) is 0.632. The lowest BCUT2D eigenvalue weighted by molar-refractivity contribution is 0.297. The second-order valence-corrected chi connectivity index (χ2v) is 6.77. The lowest BCUT2D eigenvalue weighted by Crippen LogP contribution is -2.41. The predicted molar refractivity (Wildman–Crippen MR) is 114 cm³/mol. The molecule has 1 atom stereocenters. The van der Waals surface area contributed by atoms with Crippen LogP contribution in [0.3, 0.4) is 0 Å². The minimum absolute atomic E-state index is 0. The molecule has 142 valence electrons. The predicted octanol–water partition coefficient (Wildman–Crippen LogP) is 3.96. The first-order valence-corrected chi connectivity index (χ1v) is 8.94. The highest BCUT2D eigenvalue weighted by Gasteiger charge is 2.11. The van der Waals surface area contributed by atoms with Crippen molar-refractivity contribution in [2.45, 2.75) is 52.6 Å². The highest BCUT2D eigenvalue weighted by atomic mass is 127. The van der Waals surface area contributed by atoms with Gasteiger partial charge >= 0.3 is 0 Å². The molecule has 0 aromatic heterocycles. The molecule has 0 saturated heterocycles. The minimum Gasteiger partial charge on any atom is -0.490 e. The van der Waals surface area contributed by atoms with Gasteiger partial charge in [0, 0.05) is 26.1 Å². The smallest absolute Gasteiger partial charge is 0.191 e. The van der Waals surface area contributed by atoms with Crippen LogP contribution in [0.25, 0.3) is 0 Å². The van der Waals surface area contributed by atoms with E-state index in [0.29, 0.717) is 19.2 Å². The molecule has 1 aliphatic rings. The van der Waals surface area contributed by atoms with E-state index in [0.717, 1.165) is 48.4 Å². The van der Waals surface area contributed by atoms with E-state index in [2.05, 4.69) is 42.5 Å². The van der Waals surface area contributed by atoms with Gasteiger partial charge < -0.3 is 20.1 Å². The van der Waals surface area contributed by atoms with Crippen molar-refractivity contribution in [2.24, 2.45) is 10.9 Å². The summed E-state index contributed by atoms with van der Waals surface area (Å²) in [6, 6.07) is 6.50. The van der Waals surface area contributed by atoms with Crippen molar-refractivity contribution in [3.8, 4) is 11.5 Å². The molecule has 2 rings (SSSR count). The van der Waals surface area contributed by atoms with E-state index in [1.807, 2.05) is 12.1 Å². The average Bonchev–Trinajstić information content (AvgIpc) is 2.81. The van der Waals surface area contributed by atoms with Crippen LogP contribution in [0.2, 0.25) is 0 Å². The van der Waals surface area contributed by atoms with Gasteiger partial charge in [0.25, 0.3) is 0 Å². The van der Waals surface area contributed by atoms with Crippen LogP contribution in [0.15, 0.2) is 23.2 Å². The third kappa shape index (κ3) is 7.71. The third-order valence-electron chi connectivity index (χ3n) is 4.06. The first-order chi connectivity index (χ1) is 11.6. The van der Waals surface area contributed by atoms with Crippen LogP contribution < -0.4 is 20.1 Å². The third-order valence-corrected chi connectivity index (χ3v) is 4.06. The number of guanidine groups is 1. The Morgan fingerprint density at radius 2 is 1.84 bits per heavy atom. The molecule has 0 amide bonds. The Balaban J connectivity index is 0.00000312. The molecule has 1 aromatic rings. The number of hydrogen-bond acceptors (Lipinski definition) is 3. The lowest BCUT2D eigenvalue weighted by Gasteiger charge is -2.19. The van der Waals surface area contributed by atoms with Crippen LogP contribution in [0.5, 0.6) is 11.5 Å². The van der Waals surface area contributed by atoms with Crippen molar-refractivity contribution in [3.63, 3.8) is 0 Å². The number of ether oxygens (including phenoxy) is 2. The van der Waals surface area contributed by atoms with Crippen molar-refractivity contribution in [1.82, 2.24) is 10.6 Å². The maximum Gasteiger partial charge on any atom is 0.191 e. The summed E-state index contributed by atoms with van der Waals surface area (Å²) in [5.41, 5.74) is 1.15. The highest BCUT2D eigenvalue weighted by Crippen LogP contribution is 2.30. The van der Waals surface area contributed by atoms with E-state index in [1.165, 1.54) is 6.42 Å². The summed E-state index contributed by atoms with van der Waals surface area (Å²) < 4.78 is 11.4. The van der Waals surface area contributed by atoms with Gasteiger partial charge in [-0.05, 0) is 43.4 Å². The van der Waals surface area contributed by atoms with Crippen LogP contribution in [-0.2, 0) is 6.54 Å². The number of aliphatic imine (C=N–C) groups is 1. The van der Waals surface area contributed by atoms with Gasteiger partial charge in [-0.2, -0.15) is 0 Å². The molecule has 0 saturated carbocycles.